The van der Waals surface area contributed by atoms with Crippen LogP contribution in [-0.2, 0) is 4.79 Å². The molecule has 0 amide bonds. The Bertz CT molecular complexity index is 403. The number of aryl methyl sites for hydroxylation is 1. The van der Waals surface area contributed by atoms with Gasteiger partial charge in [-0.1, -0.05) is 13.8 Å². The number of carboxylic acids is 1. The number of rotatable bonds is 4. The van der Waals surface area contributed by atoms with Crippen molar-refractivity contribution < 1.29 is 14.6 Å². The highest BCUT2D eigenvalue weighted by molar-refractivity contribution is 5.95. The number of aliphatic carboxylic acids is 1. The average molecular weight is 238 g/mol. The number of nitrogens with one attached hydrogen (secondary N) is 1. The van der Waals surface area contributed by atoms with Crippen LogP contribution in [0.15, 0.2) is 18.2 Å². The fourth-order valence-electron chi connectivity index (χ4n) is 1.12. The number of ether oxygens (including phenoxy) is 1. The Morgan fingerprint density at radius 2 is 2.06 bits per heavy atom. The zero-order valence-corrected chi connectivity index (χ0v) is 10.3. The van der Waals surface area contributed by atoms with Crippen LogP contribution in [-0.4, -0.2) is 23.5 Å². The van der Waals surface area contributed by atoms with Crippen LogP contribution in [0.5, 0.6) is 5.75 Å². The van der Waals surface area contributed by atoms with Crippen LogP contribution in [0.25, 0.3) is 0 Å². The van der Waals surface area contributed by atoms with Crippen LogP contribution < -0.4 is 10.5 Å². The molecular formula is C12H18N2O3. The molecule has 0 fully saturated rings. The molecule has 5 nitrogen and oxygen atoms in total. The van der Waals surface area contributed by atoms with Crippen molar-refractivity contribution in [3.05, 3.63) is 29.3 Å². The molecule has 0 heterocycles. The normalized spacial score (nSPS) is 8.88. The molecule has 94 valence electrons. The Morgan fingerprint density at radius 1 is 1.47 bits per heavy atom. The lowest BCUT2D eigenvalue weighted by Gasteiger charge is -2.08. The minimum Gasteiger partial charge on any atom is -0.482 e. The SMILES string of the molecule is CC.Cc1cc(C(=N)N)ccc1OCC(=O)O. The standard InChI is InChI=1S/C10H12N2O3.C2H6/c1-6-4-7(10(11)12)2-3-8(6)15-5-9(13)14;1-2/h2-4H,5H2,1H3,(H3,11,12)(H,13,14);1-2H3. The summed E-state index contributed by atoms with van der Waals surface area (Å²) in [4.78, 5) is 10.3. The summed E-state index contributed by atoms with van der Waals surface area (Å²) in [5, 5.41) is 15.6. The fourth-order valence-corrected chi connectivity index (χ4v) is 1.12. The number of hydrogen-bond donors (Lipinski definition) is 3. The van der Waals surface area contributed by atoms with Crippen LogP contribution in [0.3, 0.4) is 0 Å². The van der Waals surface area contributed by atoms with Gasteiger partial charge in [0.1, 0.15) is 11.6 Å². The van der Waals surface area contributed by atoms with Crippen molar-refractivity contribution in [1.82, 2.24) is 0 Å². The molecule has 0 spiro atoms. The zero-order chi connectivity index (χ0) is 13.4. The summed E-state index contributed by atoms with van der Waals surface area (Å²) in [6.45, 7) is 5.39. The van der Waals surface area contributed by atoms with E-state index in [1.807, 2.05) is 13.8 Å². The van der Waals surface area contributed by atoms with E-state index in [2.05, 4.69) is 0 Å². The zero-order valence-electron chi connectivity index (χ0n) is 10.3. The highest BCUT2D eigenvalue weighted by Gasteiger charge is 2.04. The lowest BCUT2D eigenvalue weighted by molar-refractivity contribution is -0.139. The Balaban J connectivity index is 0.00000121. The maximum absolute atomic E-state index is 10.3. The second-order valence-electron chi connectivity index (χ2n) is 3.08. The molecule has 0 saturated heterocycles. The van der Waals surface area contributed by atoms with E-state index < -0.39 is 5.97 Å². The first-order valence-electron chi connectivity index (χ1n) is 5.30. The number of nitrogen functional groups attached to an aromatic ring is 1. The van der Waals surface area contributed by atoms with Gasteiger partial charge in [-0.15, -0.1) is 0 Å². The minimum atomic E-state index is -1.02. The number of carbonyl (C=O) groups is 1. The van der Waals surface area contributed by atoms with Gasteiger partial charge in [-0.2, -0.15) is 0 Å². The lowest BCUT2D eigenvalue weighted by Crippen LogP contribution is -2.12. The van der Waals surface area contributed by atoms with Gasteiger partial charge in [0.2, 0.25) is 0 Å². The fraction of sp³-hybridized carbons (Fsp3) is 0.333. The molecule has 0 aliphatic carbocycles. The first-order chi connectivity index (χ1) is 8.00. The number of benzene rings is 1. The predicted molar refractivity (Wildman–Crippen MR) is 66.7 cm³/mol. The molecular weight excluding hydrogens is 220 g/mol. The molecule has 4 N–H and O–H groups in total. The molecule has 0 radical (unpaired) electrons. The van der Waals surface area contributed by atoms with Crippen LogP contribution in [0.2, 0.25) is 0 Å². The van der Waals surface area contributed by atoms with Crippen LogP contribution in [0.1, 0.15) is 25.0 Å². The number of amidine groups is 1. The highest BCUT2D eigenvalue weighted by atomic mass is 16.5. The maximum Gasteiger partial charge on any atom is 0.341 e. The molecule has 1 aromatic rings. The molecule has 17 heavy (non-hydrogen) atoms. The van der Waals surface area contributed by atoms with E-state index in [0.29, 0.717) is 11.3 Å². The third-order valence-corrected chi connectivity index (χ3v) is 1.84. The summed E-state index contributed by atoms with van der Waals surface area (Å²) in [7, 11) is 0. The summed E-state index contributed by atoms with van der Waals surface area (Å²) in [6.07, 6.45) is 0. The van der Waals surface area contributed by atoms with Gasteiger partial charge in [0, 0.05) is 5.56 Å². The highest BCUT2D eigenvalue weighted by Crippen LogP contribution is 2.18. The summed E-state index contributed by atoms with van der Waals surface area (Å²) in [5.41, 5.74) is 6.65. The van der Waals surface area contributed by atoms with E-state index in [0.717, 1.165) is 5.56 Å². The van der Waals surface area contributed by atoms with Gasteiger partial charge in [0.15, 0.2) is 6.61 Å². The molecule has 1 aromatic carbocycles. The Morgan fingerprint density at radius 3 is 2.47 bits per heavy atom. The predicted octanol–water partition coefficient (Wildman–Crippen LogP) is 1.77. The van der Waals surface area contributed by atoms with Gasteiger partial charge in [-0.05, 0) is 30.7 Å². The van der Waals surface area contributed by atoms with Gasteiger partial charge < -0.3 is 15.6 Å². The van der Waals surface area contributed by atoms with E-state index in [1.165, 1.54) is 0 Å². The lowest BCUT2D eigenvalue weighted by atomic mass is 10.1. The van der Waals surface area contributed by atoms with Crippen LogP contribution in [0, 0.1) is 12.3 Å². The quantitative estimate of drug-likeness (QED) is 0.550. The summed E-state index contributed by atoms with van der Waals surface area (Å²) >= 11 is 0. The number of carboxylic acid groups (broad SMARTS) is 1. The molecule has 0 aromatic heterocycles. The number of nitrogens with two attached hydrogens (primary N) is 1. The van der Waals surface area contributed by atoms with E-state index in [4.69, 9.17) is 21.0 Å². The second kappa shape index (κ2) is 7.27. The Hall–Kier alpha value is -2.04. The maximum atomic E-state index is 10.3. The largest absolute Gasteiger partial charge is 0.482 e. The summed E-state index contributed by atoms with van der Waals surface area (Å²) in [5.74, 6) is -0.560. The molecule has 0 atom stereocenters. The van der Waals surface area contributed by atoms with Gasteiger partial charge in [-0.25, -0.2) is 4.79 Å². The molecule has 0 unspecified atom stereocenters. The number of hydrogen-bond acceptors (Lipinski definition) is 3. The average Bonchev–Trinajstić information content (AvgIpc) is 2.29. The van der Waals surface area contributed by atoms with Crippen molar-refractivity contribution in [3.8, 4) is 5.75 Å². The van der Waals surface area contributed by atoms with E-state index in [1.54, 1.807) is 25.1 Å². The third-order valence-electron chi connectivity index (χ3n) is 1.84. The van der Waals surface area contributed by atoms with Crippen molar-refractivity contribution >= 4 is 11.8 Å². The van der Waals surface area contributed by atoms with Crippen molar-refractivity contribution in [1.29, 1.82) is 5.41 Å². The molecule has 0 saturated carbocycles. The van der Waals surface area contributed by atoms with Gasteiger partial charge in [-0.3, -0.25) is 5.41 Å². The first-order valence-corrected chi connectivity index (χ1v) is 5.30. The Labute approximate surface area is 101 Å². The topological polar surface area (TPSA) is 96.4 Å². The van der Waals surface area contributed by atoms with E-state index >= 15 is 0 Å². The molecule has 0 bridgehead atoms. The van der Waals surface area contributed by atoms with Crippen molar-refractivity contribution in [2.45, 2.75) is 20.8 Å². The van der Waals surface area contributed by atoms with Crippen LogP contribution in [0.4, 0.5) is 0 Å². The molecule has 5 heteroatoms. The van der Waals surface area contributed by atoms with Crippen molar-refractivity contribution in [2.24, 2.45) is 5.73 Å². The summed E-state index contributed by atoms with van der Waals surface area (Å²) in [6, 6.07) is 4.90. The van der Waals surface area contributed by atoms with Gasteiger partial charge >= 0.3 is 5.97 Å². The van der Waals surface area contributed by atoms with E-state index in [-0.39, 0.29) is 12.4 Å². The van der Waals surface area contributed by atoms with Gasteiger partial charge in [0.05, 0.1) is 0 Å². The second-order valence-corrected chi connectivity index (χ2v) is 3.08. The molecule has 0 aliphatic heterocycles. The monoisotopic (exact) mass is 238 g/mol. The smallest absolute Gasteiger partial charge is 0.341 e. The van der Waals surface area contributed by atoms with Crippen molar-refractivity contribution in [3.63, 3.8) is 0 Å². The van der Waals surface area contributed by atoms with Crippen LogP contribution >= 0.6 is 0 Å². The summed E-state index contributed by atoms with van der Waals surface area (Å²) < 4.78 is 5.02. The van der Waals surface area contributed by atoms with Crippen molar-refractivity contribution in [2.75, 3.05) is 6.61 Å². The third kappa shape index (κ3) is 5.01. The van der Waals surface area contributed by atoms with Gasteiger partial charge in [0.25, 0.3) is 0 Å². The first kappa shape index (κ1) is 15.0. The van der Waals surface area contributed by atoms with E-state index in [9.17, 15) is 4.79 Å². The minimum absolute atomic E-state index is 0.0251. The Kier molecular flexibility index (Phi) is 6.40. The molecule has 0 aliphatic rings. The molecule has 1 rings (SSSR count).